The van der Waals surface area contributed by atoms with Crippen LogP contribution in [0.3, 0.4) is 0 Å². The van der Waals surface area contributed by atoms with Crippen LogP contribution in [-0.2, 0) is 23.9 Å². The summed E-state index contributed by atoms with van der Waals surface area (Å²) in [7, 11) is -2.16. The Kier molecular flexibility index (Phi) is 9.55. The highest BCUT2D eigenvalue weighted by molar-refractivity contribution is 6.74. The number of carbonyl (C=O) groups is 1. The summed E-state index contributed by atoms with van der Waals surface area (Å²) in [5.74, 6) is 0. The Balaban J connectivity index is 1.84. The minimum absolute atomic E-state index is 0.0312. The summed E-state index contributed by atoms with van der Waals surface area (Å²) in [6.07, 6.45) is 0.598. The molecule has 6 heteroatoms. The van der Waals surface area contributed by atoms with Crippen molar-refractivity contribution in [3.63, 3.8) is 0 Å². The number of amides is 2. The number of rotatable bonds is 9. The molecular formula is C34H47N3O2Si. The van der Waals surface area contributed by atoms with E-state index in [0.29, 0.717) is 19.6 Å². The van der Waals surface area contributed by atoms with E-state index < -0.39 is 8.32 Å². The van der Waals surface area contributed by atoms with Crippen LogP contribution in [0, 0.1) is 0 Å². The second kappa shape index (κ2) is 12.7. The molecule has 1 saturated heterocycles. The Morgan fingerprint density at radius 2 is 1.27 bits per heavy atom. The van der Waals surface area contributed by atoms with Gasteiger partial charge in [-0.2, -0.15) is 0 Å². The molecule has 1 aliphatic heterocycles. The third kappa shape index (κ3) is 7.22. The zero-order valence-electron chi connectivity index (χ0n) is 25.4. The zero-order chi connectivity index (χ0) is 28.9. The van der Waals surface area contributed by atoms with Gasteiger partial charge in [0.2, 0.25) is 0 Å². The van der Waals surface area contributed by atoms with Crippen molar-refractivity contribution >= 4 is 14.3 Å². The molecule has 0 unspecified atom stereocenters. The van der Waals surface area contributed by atoms with Crippen molar-refractivity contribution in [3.05, 3.63) is 108 Å². The second-order valence-corrected chi connectivity index (χ2v) is 17.6. The zero-order valence-corrected chi connectivity index (χ0v) is 26.4. The van der Waals surface area contributed by atoms with Crippen molar-refractivity contribution < 1.29 is 9.22 Å². The first-order valence-corrected chi connectivity index (χ1v) is 17.5. The molecule has 1 heterocycles. The van der Waals surface area contributed by atoms with Gasteiger partial charge in [0.05, 0.1) is 18.7 Å². The summed E-state index contributed by atoms with van der Waals surface area (Å²) < 4.78 is 7.28. The Hall–Kier alpha value is -2.93. The highest BCUT2D eigenvalue weighted by Crippen LogP contribution is 2.39. The van der Waals surface area contributed by atoms with Crippen LogP contribution < -0.4 is 0 Å². The molecule has 40 heavy (non-hydrogen) atoms. The SMILES string of the molecule is CC(C)N1C[C@H](O[Si](C)(C)C(C)(C)C)[C@H](Cc2ccccc2)N(Cc2ccccc2)C(=O)N1Cc1ccccc1. The Bertz CT molecular complexity index is 1210. The molecule has 0 spiro atoms. The van der Waals surface area contributed by atoms with Gasteiger partial charge in [-0.15, -0.1) is 0 Å². The van der Waals surface area contributed by atoms with Crippen molar-refractivity contribution in [2.45, 2.75) is 90.4 Å². The van der Waals surface area contributed by atoms with Crippen molar-refractivity contribution in [2.24, 2.45) is 0 Å². The highest BCUT2D eigenvalue weighted by Gasteiger charge is 2.46. The lowest BCUT2D eigenvalue weighted by atomic mass is 9.99. The van der Waals surface area contributed by atoms with Gasteiger partial charge in [0.15, 0.2) is 8.32 Å². The Morgan fingerprint density at radius 1 is 0.800 bits per heavy atom. The maximum atomic E-state index is 14.7. The topological polar surface area (TPSA) is 36.0 Å². The molecule has 3 aromatic carbocycles. The van der Waals surface area contributed by atoms with E-state index in [9.17, 15) is 4.79 Å². The van der Waals surface area contributed by atoms with Gasteiger partial charge < -0.3 is 9.33 Å². The van der Waals surface area contributed by atoms with Gasteiger partial charge in [-0.3, -0.25) is 5.01 Å². The molecule has 4 rings (SSSR count). The lowest BCUT2D eigenvalue weighted by Crippen LogP contribution is -2.54. The fraction of sp³-hybridized carbons (Fsp3) is 0.441. The monoisotopic (exact) mass is 557 g/mol. The van der Waals surface area contributed by atoms with Crippen LogP contribution in [0.25, 0.3) is 0 Å². The number of benzene rings is 3. The molecule has 0 aromatic heterocycles. The molecule has 2 atom stereocenters. The number of hydrogen-bond acceptors (Lipinski definition) is 3. The van der Waals surface area contributed by atoms with Gasteiger partial charge in [-0.1, -0.05) is 112 Å². The minimum atomic E-state index is -2.16. The predicted molar refractivity (Wildman–Crippen MR) is 167 cm³/mol. The van der Waals surface area contributed by atoms with Gasteiger partial charge in [0, 0.05) is 19.1 Å². The lowest BCUT2D eigenvalue weighted by molar-refractivity contribution is -0.0357. The van der Waals surface area contributed by atoms with E-state index in [1.165, 1.54) is 5.56 Å². The van der Waals surface area contributed by atoms with Gasteiger partial charge in [0.25, 0.3) is 0 Å². The average Bonchev–Trinajstić information content (AvgIpc) is 3.01. The molecule has 5 nitrogen and oxygen atoms in total. The van der Waals surface area contributed by atoms with Crippen LogP contribution in [0.15, 0.2) is 91.0 Å². The van der Waals surface area contributed by atoms with Crippen molar-refractivity contribution in [1.29, 1.82) is 0 Å². The number of carbonyl (C=O) groups excluding carboxylic acids is 1. The standard InChI is InChI=1S/C34H47N3O2Si/c1-27(2)36-26-32(39-40(6,7)34(3,4)5)31(23-28-17-11-8-12-18-28)35(24-29-19-13-9-14-20-29)33(38)37(36)25-30-21-15-10-16-22-30/h8-22,27,31-32H,23-26H2,1-7H3/t31-,32-/m0/s1. The quantitative estimate of drug-likeness (QED) is 0.252. The predicted octanol–water partition coefficient (Wildman–Crippen LogP) is 7.75. The van der Waals surface area contributed by atoms with E-state index in [2.05, 4.69) is 124 Å². The third-order valence-corrected chi connectivity index (χ3v) is 13.0. The van der Waals surface area contributed by atoms with Crippen LogP contribution in [-0.4, -0.2) is 54.0 Å². The number of hydrogen-bond donors (Lipinski definition) is 0. The maximum absolute atomic E-state index is 14.7. The molecule has 2 amide bonds. The molecule has 0 bridgehead atoms. The van der Waals surface area contributed by atoms with Gasteiger partial charge >= 0.3 is 6.03 Å². The molecule has 0 radical (unpaired) electrons. The van der Waals surface area contributed by atoms with Crippen molar-refractivity contribution in [3.8, 4) is 0 Å². The van der Waals surface area contributed by atoms with Crippen LogP contribution in [0.1, 0.15) is 51.3 Å². The third-order valence-electron chi connectivity index (χ3n) is 8.48. The van der Waals surface area contributed by atoms with E-state index >= 15 is 0 Å². The van der Waals surface area contributed by atoms with Crippen LogP contribution in [0.2, 0.25) is 18.1 Å². The molecule has 0 saturated carbocycles. The normalized spacial score (nSPS) is 19.2. The van der Waals surface area contributed by atoms with Gasteiger partial charge in [-0.25, -0.2) is 9.80 Å². The molecule has 1 aliphatic rings. The van der Waals surface area contributed by atoms with E-state index in [1.807, 2.05) is 29.3 Å². The molecule has 3 aromatic rings. The first-order valence-electron chi connectivity index (χ1n) is 14.6. The summed E-state index contributed by atoms with van der Waals surface area (Å²) in [5, 5.41) is 4.27. The summed E-state index contributed by atoms with van der Waals surface area (Å²) >= 11 is 0. The smallest absolute Gasteiger partial charge is 0.335 e. The van der Waals surface area contributed by atoms with Crippen LogP contribution in [0.4, 0.5) is 4.79 Å². The van der Waals surface area contributed by atoms with E-state index in [0.717, 1.165) is 17.5 Å². The van der Waals surface area contributed by atoms with Crippen molar-refractivity contribution in [1.82, 2.24) is 14.9 Å². The largest absolute Gasteiger partial charge is 0.410 e. The highest BCUT2D eigenvalue weighted by atomic mass is 28.4. The summed E-state index contributed by atoms with van der Waals surface area (Å²) in [6, 6.07) is 31.3. The minimum Gasteiger partial charge on any atom is -0.410 e. The maximum Gasteiger partial charge on any atom is 0.335 e. The lowest BCUT2D eigenvalue weighted by Gasteiger charge is -2.43. The molecular weight excluding hydrogens is 510 g/mol. The summed E-state index contributed by atoms with van der Waals surface area (Å²) in [4.78, 5) is 16.8. The summed E-state index contributed by atoms with van der Waals surface area (Å²) in [5.41, 5.74) is 3.46. The fourth-order valence-corrected chi connectivity index (χ4v) is 6.48. The first kappa shape index (κ1) is 30.0. The fourth-order valence-electron chi connectivity index (χ4n) is 5.14. The number of hydrazine groups is 1. The first-order chi connectivity index (χ1) is 19.0. The summed E-state index contributed by atoms with van der Waals surface area (Å²) in [6.45, 7) is 17.6. The second-order valence-electron chi connectivity index (χ2n) is 12.8. The number of urea groups is 1. The van der Waals surface area contributed by atoms with E-state index in [1.54, 1.807) is 0 Å². The molecule has 0 N–H and O–H groups in total. The number of nitrogens with zero attached hydrogens (tertiary/aromatic N) is 3. The van der Waals surface area contributed by atoms with Crippen molar-refractivity contribution in [2.75, 3.05) is 6.54 Å². The van der Waals surface area contributed by atoms with Gasteiger partial charge in [-0.05, 0) is 55.1 Å². The molecule has 0 aliphatic carbocycles. The Labute approximate surface area is 242 Å². The van der Waals surface area contributed by atoms with E-state index in [-0.39, 0.29) is 29.3 Å². The Morgan fingerprint density at radius 3 is 1.75 bits per heavy atom. The van der Waals surface area contributed by atoms with E-state index in [4.69, 9.17) is 4.43 Å². The molecule has 1 fully saturated rings. The van der Waals surface area contributed by atoms with Crippen LogP contribution >= 0.6 is 0 Å². The molecule has 214 valence electrons. The van der Waals surface area contributed by atoms with Crippen LogP contribution in [0.5, 0.6) is 0 Å². The average molecular weight is 558 g/mol. The van der Waals surface area contributed by atoms with Gasteiger partial charge in [0.1, 0.15) is 0 Å².